The Kier molecular flexibility index (Phi) is 4.91. The van der Waals surface area contributed by atoms with Gasteiger partial charge >= 0.3 is 88.7 Å². The van der Waals surface area contributed by atoms with Gasteiger partial charge in [0.1, 0.15) is 0 Å². The summed E-state index contributed by atoms with van der Waals surface area (Å²) in [5, 5.41) is 1.98. The predicted molar refractivity (Wildman–Crippen MR) is 57.9 cm³/mol. The second kappa shape index (κ2) is 6.03. The van der Waals surface area contributed by atoms with Gasteiger partial charge in [0.05, 0.1) is 0 Å². The van der Waals surface area contributed by atoms with E-state index in [1.165, 1.54) is 4.90 Å². The average Bonchev–Trinajstić information content (AvgIpc) is 2.14. The Morgan fingerprint density at radius 3 is 2.69 bits per heavy atom. The molecule has 0 unspecified atom stereocenters. The molecule has 68 valence electrons. The molecule has 0 N–H and O–H groups in total. The molecule has 0 atom stereocenters. The molecule has 0 spiro atoms. The summed E-state index contributed by atoms with van der Waals surface area (Å²) in [6, 6.07) is 10.1. The van der Waals surface area contributed by atoms with Crippen molar-refractivity contribution < 1.29 is 4.79 Å². The van der Waals surface area contributed by atoms with Gasteiger partial charge in [-0.25, -0.2) is 0 Å². The Labute approximate surface area is 88.8 Å². The second-order valence-corrected chi connectivity index (χ2v) is 5.56. The average molecular weight is 257 g/mol. The molecule has 0 saturated carbocycles. The minimum atomic E-state index is 0.0157. The number of benzene rings is 1. The van der Waals surface area contributed by atoms with Crippen LogP contribution in [0.25, 0.3) is 0 Å². The maximum atomic E-state index is 10.6. The molecule has 0 aliphatic carbocycles. The van der Waals surface area contributed by atoms with Crippen LogP contribution in [0.3, 0.4) is 0 Å². The van der Waals surface area contributed by atoms with Crippen molar-refractivity contribution in [2.75, 3.05) is 0 Å². The Balaban J connectivity index is 2.35. The van der Waals surface area contributed by atoms with Crippen molar-refractivity contribution in [3.8, 4) is 0 Å². The van der Waals surface area contributed by atoms with Crippen molar-refractivity contribution in [1.82, 2.24) is 0 Å². The zero-order chi connectivity index (χ0) is 9.52. The first-order valence-electron chi connectivity index (χ1n) is 3.83. The summed E-state index contributed by atoms with van der Waals surface area (Å²) < 4.78 is 0.261. The van der Waals surface area contributed by atoms with Gasteiger partial charge in [0.15, 0.2) is 0 Å². The summed E-state index contributed by atoms with van der Waals surface area (Å²) >= 11 is 1.66. The number of hydrogen-bond donors (Lipinski definition) is 0. The summed E-state index contributed by atoms with van der Waals surface area (Å²) in [6.07, 6.45) is 0. The van der Waals surface area contributed by atoms with Crippen LogP contribution in [0.2, 0.25) is 0 Å². The second-order valence-electron chi connectivity index (χ2n) is 2.31. The molecule has 3 heteroatoms. The van der Waals surface area contributed by atoms with Crippen molar-refractivity contribution >= 4 is 31.4 Å². The molecular formula is C10H10OSSe. The first-order chi connectivity index (χ1) is 6.29. The van der Waals surface area contributed by atoms with Crippen LogP contribution in [-0.2, 0) is 4.79 Å². The van der Waals surface area contributed by atoms with Gasteiger partial charge in [-0.1, -0.05) is 0 Å². The van der Waals surface area contributed by atoms with Gasteiger partial charge in [-0.15, -0.1) is 0 Å². The molecule has 0 radical (unpaired) electrons. The van der Waals surface area contributed by atoms with Crippen molar-refractivity contribution in [2.24, 2.45) is 0 Å². The van der Waals surface area contributed by atoms with Crippen LogP contribution in [0.15, 0.2) is 45.6 Å². The first kappa shape index (κ1) is 10.6. The summed E-state index contributed by atoms with van der Waals surface area (Å²) in [6.45, 7) is 1.62. The van der Waals surface area contributed by atoms with Gasteiger partial charge in [0.2, 0.25) is 0 Å². The van der Waals surface area contributed by atoms with Crippen molar-refractivity contribution in [1.29, 1.82) is 0 Å². The molecule has 13 heavy (non-hydrogen) atoms. The summed E-state index contributed by atoms with van der Waals surface area (Å²) in [5.41, 5.74) is 0. The van der Waals surface area contributed by atoms with Crippen molar-refractivity contribution in [3.63, 3.8) is 0 Å². The van der Waals surface area contributed by atoms with Gasteiger partial charge < -0.3 is 0 Å². The number of rotatable bonds is 4. The van der Waals surface area contributed by atoms with Gasteiger partial charge in [-0.2, -0.15) is 0 Å². The third-order valence-electron chi connectivity index (χ3n) is 1.24. The molecule has 0 heterocycles. The van der Waals surface area contributed by atoms with Gasteiger partial charge in [-0.3, -0.25) is 0 Å². The molecule has 1 aromatic rings. The van der Waals surface area contributed by atoms with Crippen LogP contribution in [0.5, 0.6) is 0 Å². The Morgan fingerprint density at radius 1 is 1.38 bits per heavy atom. The Bertz CT molecular complexity index is 295. The Morgan fingerprint density at radius 2 is 2.08 bits per heavy atom. The van der Waals surface area contributed by atoms with E-state index in [0.29, 0.717) is 0 Å². The summed E-state index contributed by atoms with van der Waals surface area (Å²) in [5.74, 6) is 0. The van der Waals surface area contributed by atoms with Crippen LogP contribution in [0, 0.1) is 0 Å². The molecule has 0 fully saturated rings. The van der Waals surface area contributed by atoms with E-state index in [1.807, 2.05) is 28.6 Å². The van der Waals surface area contributed by atoms with Crippen LogP contribution < -0.4 is 0 Å². The molecule has 1 rings (SSSR count). The number of thioether (sulfide) groups is 1. The number of hydrogen-bond acceptors (Lipinski definition) is 2. The first-order valence-corrected chi connectivity index (χ1v) is 6.55. The van der Waals surface area contributed by atoms with E-state index >= 15 is 0 Å². The van der Waals surface area contributed by atoms with E-state index in [2.05, 4.69) is 12.1 Å². The minimum absolute atomic E-state index is 0.0157. The quantitative estimate of drug-likeness (QED) is 0.609. The van der Waals surface area contributed by atoms with Gasteiger partial charge in [0.25, 0.3) is 0 Å². The summed E-state index contributed by atoms with van der Waals surface area (Å²) in [7, 11) is 0. The molecule has 1 aromatic carbocycles. The molecular weight excluding hydrogens is 247 g/mol. The molecule has 0 amide bonds. The fraction of sp³-hybridized carbons (Fsp3) is 0.100. The van der Waals surface area contributed by atoms with E-state index in [0.717, 1.165) is 0 Å². The number of carbonyl (C=O) groups is 1. The SMILES string of the molecule is CC(=O)[Se]/C=C/Sc1ccccc1. The monoisotopic (exact) mass is 258 g/mol. The van der Waals surface area contributed by atoms with Gasteiger partial charge in [0, 0.05) is 0 Å². The predicted octanol–water partition coefficient (Wildman–Crippen LogP) is 2.50. The fourth-order valence-corrected chi connectivity index (χ4v) is 2.41. The third-order valence-corrected chi connectivity index (χ3v) is 3.71. The zero-order valence-electron chi connectivity index (χ0n) is 7.27. The summed E-state index contributed by atoms with van der Waals surface area (Å²) in [4.78, 5) is 13.8. The molecule has 0 aromatic heterocycles. The molecule has 0 aliphatic heterocycles. The maximum absolute atomic E-state index is 10.6. The van der Waals surface area contributed by atoms with Crippen LogP contribution in [0.4, 0.5) is 0 Å². The van der Waals surface area contributed by atoms with E-state index in [-0.39, 0.29) is 19.6 Å². The third kappa shape index (κ3) is 4.94. The van der Waals surface area contributed by atoms with Crippen LogP contribution >= 0.6 is 11.8 Å². The molecule has 1 nitrogen and oxygen atoms in total. The van der Waals surface area contributed by atoms with Crippen molar-refractivity contribution in [3.05, 3.63) is 40.7 Å². The van der Waals surface area contributed by atoms with Gasteiger partial charge in [-0.05, 0) is 0 Å². The van der Waals surface area contributed by atoms with E-state index in [1.54, 1.807) is 18.7 Å². The number of carbonyl (C=O) groups excluding carboxylic acids is 1. The van der Waals surface area contributed by atoms with E-state index < -0.39 is 0 Å². The topological polar surface area (TPSA) is 17.1 Å². The normalized spacial score (nSPS) is 10.5. The molecule has 0 saturated heterocycles. The van der Waals surface area contributed by atoms with Crippen molar-refractivity contribution in [2.45, 2.75) is 11.8 Å². The fourth-order valence-electron chi connectivity index (χ4n) is 0.729. The van der Waals surface area contributed by atoms with E-state index in [9.17, 15) is 4.79 Å². The Hall–Kier alpha value is -0.501. The van der Waals surface area contributed by atoms with Crippen LogP contribution in [-0.4, -0.2) is 19.6 Å². The molecule has 0 aliphatic rings. The zero-order valence-corrected chi connectivity index (χ0v) is 9.80. The molecule has 0 bridgehead atoms. The van der Waals surface area contributed by atoms with Crippen LogP contribution in [0.1, 0.15) is 6.92 Å². The van der Waals surface area contributed by atoms with E-state index in [4.69, 9.17) is 0 Å². The standard InChI is InChI=1S/C10H10OSSe/c1-9(11)13-8-7-12-10-5-3-2-4-6-10/h2-8H,1H3/b8-7+.